The molecule has 0 saturated heterocycles. The molecule has 3 rings (SSSR count). The number of halogens is 4. The predicted molar refractivity (Wildman–Crippen MR) is 69.0 cm³/mol. The Balaban J connectivity index is 1.76. The molecule has 0 unspecified atom stereocenters. The molecule has 1 aliphatic rings. The lowest BCUT2D eigenvalue weighted by atomic mass is 10.1. The Hall–Kier alpha value is -2.09. The van der Waals surface area contributed by atoms with Crippen molar-refractivity contribution in [2.24, 2.45) is 0 Å². The lowest BCUT2D eigenvalue weighted by Gasteiger charge is -2.28. The van der Waals surface area contributed by atoms with E-state index in [1.807, 2.05) is 4.90 Å². The van der Waals surface area contributed by atoms with E-state index < -0.39 is 17.9 Å². The van der Waals surface area contributed by atoms with Crippen molar-refractivity contribution in [3.05, 3.63) is 53.1 Å². The van der Waals surface area contributed by atoms with E-state index in [1.54, 1.807) is 12.1 Å². The first-order valence-electron chi connectivity index (χ1n) is 6.67. The highest BCUT2D eigenvalue weighted by atomic mass is 19.4. The standard InChI is InChI=1S/C14H12F4N4/c15-12-9(2-1-4-19-12)7-22-5-3-11-10(8-22)6-20-13(21-11)14(16,17)18/h1-2,4,6H,3,5,7-8H2. The van der Waals surface area contributed by atoms with Gasteiger partial charge in [0.05, 0.1) is 5.69 Å². The fourth-order valence-corrected chi connectivity index (χ4v) is 2.42. The Morgan fingerprint density at radius 3 is 2.77 bits per heavy atom. The number of hydrogen-bond acceptors (Lipinski definition) is 4. The number of hydrogen-bond donors (Lipinski definition) is 0. The molecule has 0 bridgehead atoms. The number of fused-ring (bicyclic) bond motifs is 1. The first-order chi connectivity index (χ1) is 10.4. The van der Waals surface area contributed by atoms with Gasteiger partial charge in [-0.3, -0.25) is 4.90 Å². The Labute approximate surface area is 123 Å². The molecule has 0 radical (unpaired) electrons. The molecular weight excluding hydrogens is 300 g/mol. The average Bonchev–Trinajstić information content (AvgIpc) is 2.48. The lowest BCUT2D eigenvalue weighted by Crippen LogP contribution is -2.32. The highest BCUT2D eigenvalue weighted by molar-refractivity contribution is 5.22. The van der Waals surface area contributed by atoms with Crippen molar-refractivity contribution in [1.29, 1.82) is 0 Å². The van der Waals surface area contributed by atoms with Crippen molar-refractivity contribution in [3.8, 4) is 0 Å². The molecule has 22 heavy (non-hydrogen) atoms. The molecule has 0 aromatic carbocycles. The molecule has 0 saturated carbocycles. The van der Waals surface area contributed by atoms with Crippen LogP contribution in [-0.2, 0) is 25.7 Å². The molecule has 8 heteroatoms. The Morgan fingerprint density at radius 2 is 2.05 bits per heavy atom. The van der Waals surface area contributed by atoms with Gasteiger partial charge in [0.1, 0.15) is 0 Å². The SMILES string of the molecule is Fc1ncccc1CN1CCc2nc(C(F)(F)F)ncc2C1. The minimum atomic E-state index is -4.54. The molecule has 2 aromatic rings. The average molecular weight is 312 g/mol. The highest BCUT2D eigenvalue weighted by Crippen LogP contribution is 2.28. The van der Waals surface area contributed by atoms with Gasteiger partial charge >= 0.3 is 6.18 Å². The van der Waals surface area contributed by atoms with E-state index in [0.29, 0.717) is 42.9 Å². The second-order valence-electron chi connectivity index (χ2n) is 5.08. The summed E-state index contributed by atoms with van der Waals surface area (Å²) in [7, 11) is 0. The third-order valence-corrected chi connectivity index (χ3v) is 3.50. The van der Waals surface area contributed by atoms with Crippen molar-refractivity contribution in [2.45, 2.75) is 25.7 Å². The molecule has 0 N–H and O–H groups in total. The topological polar surface area (TPSA) is 41.9 Å². The van der Waals surface area contributed by atoms with Gasteiger partial charge in [0.25, 0.3) is 0 Å². The van der Waals surface area contributed by atoms with Crippen molar-refractivity contribution in [1.82, 2.24) is 19.9 Å². The molecule has 0 amide bonds. The quantitative estimate of drug-likeness (QED) is 0.631. The number of pyridine rings is 1. The van der Waals surface area contributed by atoms with Crippen LogP contribution >= 0.6 is 0 Å². The van der Waals surface area contributed by atoms with Gasteiger partial charge in [0, 0.05) is 49.6 Å². The van der Waals surface area contributed by atoms with Crippen LogP contribution < -0.4 is 0 Å². The molecule has 4 nitrogen and oxygen atoms in total. The summed E-state index contributed by atoms with van der Waals surface area (Å²) in [6, 6.07) is 3.29. The molecule has 0 fully saturated rings. The summed E-state index contributed by atoms with van der Waals surface area (Å²) < 4.78 is 51.3. The molecule has 0 spiro atoms. The van der Waals surface area contributed by atoms with E-state index in [-0.39, 0.29) is 0 Å². The van der Waals surface area contributed by atoms with Crippen molar-refractivity contribution >= 4 is 0 Å². The van der Waals surface area contributed by atoms with Crippen LogP contribution in [0.25, 0.3) is 0 Å². The number of nitrogens with zero attached hydrogens (tertiary/aromatic N) is 4. The summed E-state index contributed by atoms with van der Waals surface area (Å²) >= 11 is 0. The van der Waals surface area contributed by atoms with Gasteiger partial charge in [-0.1, -0.05) is 6.07 Å². The van der Waals surface area contributed by atoms with Gasteiger partial charge < -0.3 is 0 Å². The van der Waals surface area contributed by atoms with E-state index in [4.69, 9.17) is 0 Å². The zero-order valence-corrected chi connectivity index (χ0v) is 11.4. The minimum Gasteiger partial charge on any atom is -0.294 e. The smallest absolute Gasteiger partial charge is 0.294 e. The van der Waals surface area contributed by atoms with Crippen molar-refractivity contribution in [2.75, 3.05) is 6.54 Å². The van der Waals surface area contributed by atoms with Gasteiger partial charge in [0.15, 0.2) is 0 Å². The zero-order chi connectivity index (χ0) is 15.7. The van der Waals surface area contributed by atoms with Crippen LogP contribution in [0.1, 0.15) is 22.6 Å². The van der Waals surface area contributed by atoms with Crippen molar-refractivity contribution in [3.63, 3.8) is 0 Å². The molecule has 0 atom stereocenters. The van der Waals surface area contributed by atoms with Crippen molar-refractivity contribution < 1.29 is 17.6 Å². The van der Waals surface area contributed by atoms with Crippen LogP contribution in [-0.4, -0.2) is 26.4 Å². The normalized spacial score (nSPS) is 15.6. The van der Waals surface area contributed by atoms with Crippen LogP contribution in [0.15, 0.2) is 24.5 Å². The first-order valence-corrected chi connectivity index (χ1v) is 6.67. The van der Waals surface area contributed by atoms with Gasteiger partial charge in [-0.2, -0.15) is 17.6 Å². The maximum absolute atomic E-state index is 13.5. The largest absolute Gasteiger partial charge is 0.451 e. The van der Waals surface area contributed by atoms with E-state index in [0.717, 1.165) is 0 Å². The molecule has 0 aliphatic carbocycles. The van der Waals surface area contributed by atoms with Crippen LogP contribution in [0.5, 0.6) is 0 Å². The summed E-state index contributed by atoms with van der Waals surface area (Å²) in [5.74, 6) is -1.64. The van der Waals surface area contributed by atoms with Crippen LogP contribution in [0.2, 0.25) is 0 Å². The second-order valence-corrected chi connectivity index (χ2v) is 5.08. The fraction of sp³-hybridized carbons (Fsp3) is 0.357. The summed E-state index contributed by atoms with van der Waals surface area (Å²) in [5.41, 5.74) is 1.51. The molecule has 2 aromatic heterocycles. The first kappa shape index (κ1) is 14.8. The molecule has 3 heterocycles. The molecule has 116 valence electrons. The third kappa shape index (κ3) is 3.06. The van der Waals surface area contributed by atoms with E-state index in [9.17, 15) is 17.6 Å². The zero-order valence-electron chi connectivity index (χ0n) is 11.4. The van der Waals surface area contributed by atoms with E-state index in [1.165, 1.54) is 12.4 Å². The monoisotopic (exact) mass is 312 g/mol. The Morgan fingerprint density at radius 1 is 1.23 bits per heavy atom. The summed E-state index contributed by atoms with van der Waals surface area (Å²) in [5, 5.41) is 0. The fourth-order valence-electron chi connectivity index (χ4n) is 2.42. The van der Waals surface area contributed by atoms with Gasteiger partial charge in [-0.15, -0.1) is 0 Å². The van der Waals surface area contributed by atoms with E-state index in [2.05, 4.69) is 15.0 Å². The number of rotatable bonds is 2. The number of alkyl halides is 3. The number of aromatic nitrogens is 3. The third-order valence-electron chi connectivity index (χ3n) is 3.50. The summed E-state index contributed by atoms with van der Waals surface area (Å²) in [6.07, 6.45) is -1.58. The highest BCUT2D eigenvalue weighted by Gasteiger charge is 2.35. The Bertz CT molecular complexity index is 687. The minimum absolute atomic E-state index is 0.347. The van der Waals surface area contributed by atoms with Gasteiger partial charge in [-0.25, -0.2) is 15.0 Å². The van der Waals surface area contributed by atoms with Gasteiger partial charge in [0.2, 0.25) is 11.8 Å². The lowest BCUT2D eigenvalue weighted by molar-refractivity contribution is -0.145. The maximum atomic E-state index is 13.5. The predicted octanol–water partition coefficient (Wildman–Crippen LogP) is 2.59. The summed E-state index contributed by atoms with van der Waals surface area (Å²) in [4.78, 5) is 12.5. The van der Waals surface area contributed by atoms with Gasteiger partial charge in [-0.05, 0) is 6.07 Å². The molecular formula is C14H12F4N4. The van der Waals surface area contributed by atoms with E-state index >= 15 is 0 Å². The second kappa shape index (κ2) is 5.60. The Kier molecular flexibility index (Phi) is 3.78. The maximum Gasteiger partial charge on any atom is 0.451 e. The van der Waals surface area contributed by atoms with Crippen LogP contribution in [0, 0.1) is 5.95 Å². The molecule has 1 aliphatic heterocycles. The summed E-state index contributed by atoms with van der Waals surface area (Å²) in [6.45, 7) is 1.25. The van der Waals surface area contributed by atoms with Crippen LogP contribution in [0.4, 0.5) is 17.6 Å². The van der Waals surface area contributed by atoms with Crippen LogP contribution in [0.3, 0.4) is 0 Å².